The number of Topliss-reactive ketones (excluding diaryl/α,β-unsaturated/α-hetero) is 1. The number of fused-ring (bicyclic) bond motifs is 1. The highest BCUT2D eigenvalue weighted by Gasteiger charge is 2.46. The zero-order valence-electron chi connectivity index (χ0n) is 25.1. The molecule has 1 heterocycles. The summed E-state index contributed by atoms with van der Waals surface area (Å²) in [4.78, 5) is 40.4. The number of nitrogens with zero attached hydrogens (tertiary/aromatic N) is 3. The number of carbonyl (C=O) groups excluding carboxylic acids is 2. The van der Waals surface area contributed by atoms with Gasteiger partial charge >= 0.3 is 12.1 Å². The molecule has 1 saturated carbocycles. The van der Waals surface area contributed by atoms with Gasteiger partial charge in [0.15, 0.2) is 5.78 Å². The summed E-state index contributed by atoms with van der Waals surface area (Å²) in [6.07, 6.45) is -3.82. The van der Waals surface area contributed by atoms with E-state index in [0.717, 1.165) is 28.9 Å². The van der Waals surface area contributed by atoms with Gasteiger partial charge in [-0.1, -0.05) is 38.7 Å². The highest BCUT2D eigenvalue weighted by Crippen LogP contribution is 2.41. The summed E-state index contributed by atoms with van der Waals surface area (Å²) in [6.45, 7) is 11.2. The lowest BCUT2D eigenvalue weighted by Crippen LogP contribution is -2.36. The number of carbonyl (C=O) groups is 2. The van der Waals surface area contributed by atoms with Crippen LogP contribution in [0.25, 0.3) is 10.9 Å². The van der Waals surface area contributed by atoms with Crippen LogP contribution in [-0.2, 0) is 22.3 Å². The molecular formula is C31H38F3N3O5Si. The van der Waals surface area contributed by atoms with Crippen molar-refractivity contribution in [3.63, 3.8) is 0 Å². The van der Waals surface area contributed by atoms with Gasteiger partial charge in [-0.2, -0.15) is 13.2 Å². The Bertz CT molecular complexity index is 1520. The molecule has 0 amide bonds. The number of rotatable bonds is 11. The second-order valence-corrected chi connectivity index (χ2v) is 18.5. The Morgan fingerprint density at radius 2 is 1.77 bits per heavy atom. The predicted molar refractivity (Wildman–Crippen MR) is 159 cm³/mol. The van der Waals surface area contributed by atoms with Crippen molar-refractivity contribution in [2.75, 3.05) is 13.2 Å². The summed E-state index contributed by atoms with van der Waals surface area (Å²) < 4.78 is 52.3. The fourth-order valence-electron chi connectivity index (χ4n) is 5.28. The van der Waals surface area contributed by atoms with Crippen molar-refractivity contribution in [2.24, 2.45) is 23.7 Å². The lowest BCUT2D eigenvalue weighted by Gasteiger charge is -2.24. The largest absolute Gasteiger partial charge is 0.493 e. The molecule has 0 aliphatic heterocycles. The average molecular weight is 618 g/mol. The standard InChI is InChI=1S/C31H38F3N3O5Si/c1-19(2)18-42-23-10-6-20(7-11-23)28(38)24-12-8-21(27(24)30(40)41-14-15-43(3,4)5)17-37-29(39)25-16-22(31(32,33)34)9-13-26(25)35-36-37/h6-7,9-11,13,16,19,21,24,27H,8,12,14-15,17-18H2,1-5H3/t21-,24-,27-/m0/s1. The van der Waals surface area contributed by atoms with E-state index >= 15 is 0 Å². The molecule has 12 heteroatoms. The molecule has 0 bridgehead atoms. The third kappa shape index (κ3) is 8.10. The van der Waals surface area contributed by atoms with Crippen molar-refractivity contribution in [2.45, 2.75) is 65.1 Å². The molecule has 3 aromatic rings. The fraction of sp³-hybridized carbons (Fsp3) is 0.516. The van der Waals surface area contributed by atoms with Gasteiger partial charge in [0.25, 0.3) is 5.56 Å². The minimum atomic E-state index is -4.63. The predicted octanol–water partition coefficient (Wildman–Crippen LogP) is 6.25. The smallest absolute Gasteiger partial charge is 0.416 e. The Morgan fingerprint density at radius 1 is 1.07 bits per heavy atom. The number of alkyl halides is 3. The van der Waals surface area contributed by atoms with Crippen molar-refractivity contribution in [1.82, 2.24) is 15.0 Å². The molecular weight excluding hydrogens is 579 g/mol. The molecule has 0 N–H and O–H groups in total. The Kier molecular flexibility index (Phi) is 9.78. The van der Waals surface area contributed by atoms with Crippen molar-refractivity contribution in [3.05, 3.63) is 63.9 Å². The maximum atomic E-state index is 13.7. The number of ketones is 1. The first-order chi connectivity index (χ1) is 20.1. The van der Waals surface area contributed by atoms with Crippen molar-refractivity contribution < 1.29 is 32.2 Å². The van der Waals surface area contributed by atoms with Gasteiger partial charge in [-0.15, -0.1) is 5.10 Å². The molecule has 3 atom stereocenters. The van der Waals surface area contributed by atoms with Crippen LogP contribution >= 0.6 is 0 Å². The van der Waals surface area contributed by atoms with Gasteiger partial charge in [0.1, 0.15) is 11.3 Å². The van der Waals surface area contributed by atoms with E-state index in [4.69, 9.17) is 9.47 Å². The number of ether oxygens (including phenoxy) is 2. The average Bonchev–Trinajstić information content (AvgIpc) is 3.35. The Balaban J connectivity index is 1.60. The van der Waals surface area contributed by atoms with E-state index in [1.54, 1.807) is 24.3 Å². The molecule has 1 aromatic heterocycles. The molecule has 43 heavy (non-hydrogen) atoms. The highest BCUT2D eigenvalue weighted by atomic mass is 28.3. The number of hydrogen-bond acceptors (Lipinski definition) is 7. The second-order valence-electron chi connectivity index (χ2n) is 12.8. The summed E-state index contributed by atoms with van der Waals surface area (Å²) in [7, 11) is -1.50. The van der Waals surface area contributed by atoms with E-state index in [0.29, 0.717) is 36.7 Å². The summed E-state index contributed by atoms with van der Waals surface area (Å²) >= 11 is 0. The van der Waals surface area contributed by atoms with Crippen molar-refractivity contribution in [1.29, 1.82) is 0 Å². The summed E-state index contributed by atoms with van der Waals surface area (Å²) in [6, 6.07) is 10.3. The molecule has 4 rings (SSSR count). The summed E-state index contributed by atoms with van der Waals surface area (Å²) in [5, 5.41) is 7.67. The normalized spacial score (nSPS) is 19.1. The van der Waals surface area contributed by atoms with E-state index in [2.05, 4.69) is 30.0 Å². The maximum Gasteiger partial charge on any atom is 0.416 e. The number of aromatic nitrogens is 3. The van der Waals surface area contributed by atoms with Gasteiger partial charge in [0.2, 0.25) is 0 Å². The van der Waals surface area contributed by atoms with Gasteiger partial charge < -0.3 is 9.47 Å². The van der Waals surface area contributed by atoms with E-state index < -0.39 is 49.1 Å². The molecule has 0 unspecified atom stereocenters. The maximum absolute atomic E-state index is 13.7. The van der Waals surface area contributed by atoms with Crippen LogP contribution in [0.4, 0.5) is 13.2 Å². The van der Waals surface area contributed by atoms with E-state index in [1.807, 2.05) is 13.8 Å². The summed E-state index contributed by atoms with van der Waals surface area (Å²) in [5.41, 5.74) is -1.23. The Morgan fingerprint density at radius 3 is 2.40 bits per heavy atom. The van der Waals surface area contributed by atoms with Crippen LogP contribution < -0.4 is 10.3 Å². The third-order valence-electron chi connectivity index (χ3n) is 7.67. The lowest BCUT2D eigenvalue weighted by atomic mass is 9.84. The first-order valence-electron chi connectivity index (χ1n) is 14.5. The minimum Gasteiger partial charge on any atom is -0.493 e. The van der Waals surface area contributed by atoms with Crippen LogP contribution in [-0.4, -0.2) is 48.0 Å². The monoisotopic (exact) mass is 617 g/mol. The quantitative estimate of drug-likeness (QED) is 0.142. The molecule has 1 aliphatic carbocycles. The van der Waals surface area contributed by atoms with Crippen LogP contribution in [0.5, 0.6) is 5.75 Å². The molecule has 0 radical (unpaired) electrons. The minimum absolute atomic E-state index is 0.0388. The lowest BCUT2D eigenvalue weighted by molar-refractivity contribution is -0.150. The number of benzene rings is 2. The van der Waals surface area contributed by atoms with Crippen LogP contribution in [0, 0.1) is 23.7 Å². The Labute approximate surface area is 249 Å². The first-order valence-corrected chi connectivity index (χ1v) is 18.2. The molecule has 0 saturated heterocycles. The molecule has 232 valence electrons. The zero-order chi connectivity index (χ0) is 31.5. The molecule has 2 aromatic carbocycles. The number of halogens is 3. The summed E-state index contributed by atoms with van der Waals surface area (Å²) in [5.74, 6) is -1.79. The van der Waals surface area contributed by atoms with E-state index in [9.17, 15) is 27.6 Å². The zero-order valence-corrected chi connectivity index (χ0v) is 26.1. The van der Waals surface area contributed by atoms with Gasteiger partial charge in [-0.25, -0.2) is 4.68 Å². The number of hydrogen-bond donors (Lipinski definition) is 0. The fourth-order valence-corrected chi connectivity index (χ4v) is 5.99. The molecule has 8 nitrogen and oxygen atoms in total. The van der Waals surface area contributed by atoms with E-state index in [1.165, 1.54) is 0 Å². The van der Waals surface area contributed by atoms with Gasteiger partial charge in [0.05, 0.1) is 36.6 Å². The molecule has 1 aliphatic rings. The first kappa shape index (κ1) is 32.4. The van der Waals surface area contributed by atoms with Crippen molar-refractivity contribution in [3.8, 4) is 5.75 Å². The molecule has 0 spiro atoms. The second kappa shape index (κ2) is 13.0. The molecule has 1 fully saturated rings. The van der Waals surface area contributed by atoms with Crippen LogP contribution in [0.3, 0.4) is 0 Å². The van der Waals surface area contributed by atoms with Gasteiger partial charge in [0, 0.05) is 19.6 Å². The third-order valence-corrected chi connectivity index (χ3v) is 9.38. The van der Waals surface area contributed by atoms with Gasteiger partial charge in [-0.3, -0.25) is 14.4 Å². The van der Waals surface area contributed by atoms with Crippen LogP contribution in [0.1, 0.15) is 42.6 Å². The Hall–Kier alpha value is -3.54. The van der Waals surface area contributed by atoms with Crippen LogP contribution in [0.2, 0.25) is 25.7 Å². The van der Waals surface area contributed by atoms with E-state index in [-0.39, 0.29) is 29.8 Å². The SMILES string of the molecule is CC(C)COc1ccc(C(=O)[C@H]2CC[C@@H](Cn3nnc4ccc(C(F)(F)F)cc4c3=O)[C@@H]2C(=O)OCC[Si](C)(C)C)cc1. The van der Waals surface area contributed by atoms with Gasteiger partial charge in [-0.05, 0) is 73.2 Å². The number of esters is 1. The topological polar surface area (TPSA) is 100 Å². The van der Waals surface area contributed by atoms with Crippen molar-refractivity contribution >= 4 is 30.7 Å². The highest BCUT2D eigenvalue weighted by molar-refractivity contribution is 6.76. The van der Waals surface area contributed by atoms with Crippen LogP contribution in [0.15, 0.2) is 47.3 Å².